The number of guanidine groups is 1. The number of halogens is 1. The molecule has 1 aliphatic heterocycles. The van der Waals surface area contributed by atoms with Crippen molar-refractivity contribution in [3.63, 3.8) is 0 Å². The van der Waals surface area contributed by atoms with Gasteiger partial charge in [0, 0.05) is 39.8 Å². The zero-order valence-corrected chi connectivity index (χ0v) is 21.6. The number of nitrogens with one attached hydrogen (secondary N) is 2. The number of nitrogens with zero attached hydrogens (tertiary/aromatic N) is 1. The second kappa shape index (κ2) is 14.3. The van der Waals surface area contributed by atoms with Gasteiger partial charge < -0.3 is 24.8 Å². The molecule has 7 heteroatoms. The number of hydrogen-bond donors (Lipinski definition) is 2. The summed E-state index contributed by atoms with van der Waals surface area (Å²) in [6.45, 7) is 5.60. The van der Waals surface area contributed by atoms with Crippen molar-refractivity contribution in [3.05, 3.63) is 65.2 Å². The molecule has 0 amide bonds. The van der Waals surface area contributed by atoms with Gasteiger partial charge in [-0.2, -0.15) is 0 Å². The Hall–Kier alpha value is -1.84. The van der Waals surface area contributed by atoms with Crippen LogP contribution in [-0.2, 0) is 16.0 Å². The first-order chi connectivity index (χ1) is 15.2. The van der Waals surface area contributed by atoms with Gasteiger partial charge in [0.1, 0.15) is 12.4 Å². The van der Waals surface area contributed by atoms with E-state index in [0.717, 1.165) is 37.7 Å². The summed E-state index contributed by atoms with van der Waals surface area (Å²) in [5, 5.41) is 6.88. The third kappa shape index (κ3) is 8.26. The molecule has 0 bridgehead atoms. The van der Waals surface area contributed by atoms with E-state index in [2.05, 4.69) is 58.9 Å². The van der Waals surface area contributed by atoms with Crippen LogP contribution in [0.2, 0.25) is 0 Å². The second-order valence-corrected chi connectivity index (χ2v) is 7.90. The van der Waals surface area contributed by atoms with Crippen molar-refractivity contribution in [1.82, 2.24) is 10.6 Å². The molecule has 0 aromatic heterocycles. The van der Waals surface area contributed by atoms with Gasteiger partial charge in [-0.3, -0.25) is 4.99 Å². The molecule has 2 aromatic carbocycles. The lowest BCUT2D eigenvalue weighted by Crippen LogP contribution is -2.41. The Bertz CT molecular complexity index is 812. The molecule has 0 radical (unpaired) electrons. The van der Waals surface area contributed by atoms with Crippen molar-refractivity contribution in [1.29, 1.82) is 0 Å². The maximum Gasteiger partial charge on any atom is 0.191 e. The number of methoxy groups -OCH3 is 1. The third-order valence-corrected chi connectivity index (χ3v) is 5.55. The van der Waals surface area contributed by atoms with Crippen LogP contribution in [0, 0.1) is 12.8 Å². The van der Waals surface area contributed by atoms with E-state index in [4.69, 9.17) is 14.2 Å². The summed E-state index contributed by atoms with van der Waals surface area (Å²) in [6, 6.07) is 16.8. The Morgan fingerprint density at radius 3 is 2.50 bits per heavy atom. The summed E-state index contributed by atoms with van der Waals surface area (Å²) in [5.74, 6) is 2.06. The standard InChI is InChI=1S/C25H35N3O3.HI/c1-19-6-10-21(11-7-19)24-22(5-4-14-31-24)18-28-25(26-2)27-17-20-8-12-23(13-9-20)30-16-15-29-3;/h6-13,22,24H,4-5,14-18H2,1-3H3,(H2,26,27,28);1H. The largest absolute Gasteiger partial charge is 0.491 e. The second-order valence-electron chi connectivity index (χ2n) is 7.90. The Kier molecular flexibility index (Phi) is 11.8. The van der Waals surface area contributed by atoms with Gasteiger partial charge in [-0.15, -0.1) is 24.0 Å². The van der Waals surface area contributed by atoms with Crippen LogP contribution in [0.25, 0.3) is 0 Å². The van der Waals surface area contributed by atoms with E-state index < -0.39 is 0 Å². The maximum atomic E-state index is 6.14. The molecular formula is C25H36IN3O3. The monoisotopic (exact) mass is 553 g/mol. The molecule has 0 saturated carbocycles. The van der Waals surface area contributed by atoms with Crippen LogP contribution in [0.5, 0.6) is 5.75 Å². The van der Waals surface area contributed by atoms with Crippen LogP contribution >= 0.6 is 24.0 Å². The summed E-state index contributed by atoms with van der Waals surface area (Å²) in [7, 11) is 3.47. The Morgan fingerprint density at radius 1 is 1.06 bits per heavy atom. The molecule has 1 aliphatic rings. The number of rotatable bonds is 9. The molecule has 3 rings (SSSR count). The topological polar surface area (TPSA) is 64.1 Å². The minimum absolute atomic E-state index is 0. The molecule has 32 heavy (non-hydrogen) atoms. The van der Waals surface area contributed by atoms with Crippen LogP contribution in [0.3, 0.4) is 0 Å². The van der Waals surface area contributed by atoms with Gasteiger partial charge in [0.05, 0.1) is 12.7 Å². The highest BCUT2D eigenvalue weighted by Crippen LogP contribution is 2.33. The van der Waals surface area contributed by atoms with E-state index in [1.54, 1.807) is 14.2 Å². The zero-order valence-electron chi connectivity index (χ0n) is 19.3. The molecule has 2 unspecified atom stereocenters. The fraction of sp³-hybridized carbons (Fsp3) is 0.480. The lowest BCUT2D eigenvalue weighted by Gasteiger charge is -2.32. The van der Waals surface area contributed by atoms with Crippen LogP contribution in [0.4, 0.5) is 0 Å². The Balaban J connectivity index is 0.00000363. The molecule has 0 spiro atoms. The minimum atomic E-state index is 0. The van der Waals surface area contributed by atoms with E-state index in [-0.39, 0.29) is 30.1 Å². The number of hydrogen-bond acceptors (Lipinski definition) is 4. The summed E-state index contributed by atoms with van der Waals surface area (Å²) in [4.78, 5) is 4.38. The first kappa shape index (κ1) is 26.4. The first-order valence-electron chi connectivity index (χ1n) is 11.0. The first-order valence-corrected chi connectivity index (χ1v) is 11.0. The molecule has 0 aliphatic carbocycles. The van der Waals surface area contributed by atoms with Crippen LogP contribution in [0.1, 0.15) is 35.6 Å². The van der Waals surface area contributed by atoms with E-state index >= 15 is 0 Å². The molecule has 6 nitrogen and oxygen atoms in total. The molecule has 176 valence electrons. The normalized spacial score (nSPS) is 18.5. The molecule has 2 N–H and O–H groups in total. The highest BCUT2D eigenvalue weighted by atomic mass is 127. The van der Waals surface area contributed by atoms with Crippen molar-refractivity contribution in [2.45, 2.75) is 32.4 Å². The van der Waals surface area contributed by atoms with Crippen molar-refractivity contribution in [2.24, 2.45) is 10.9 Å². The van der Waals surface area contributed by atoms with Crippen molar-refractivity contribution in [2.75, 3.05) is 40.5 Å². The molecule has 1 saturated heterocycles. The van der Waals surface area contributed by atoms with Gasteiger partial charge in [0.15, 0.2) is 5.96 Å². The highest BCUT2D eigenvalue weighted by Gasteiger charge is 2.27. The number of ether oxygens (including phenoxy) is 3. The van der Waals surface area contributed by atoms with E-state index in [1.165, 1.54) is 16.7 Å². The summed E-state index contributed by atoms with van der Waals surface area (Å²) < 4.78 is 16.8. The van der Waals surface area contributed by atoms with Gasteiger partial charge in [-0.25, -0.2) is 0 Å². The lowest BCUT2D eigenvalue weighted by molar-refractivity contribution is -0.0265. The van der Waals surface area contributed by atoms with Crippen LogP contribution in [0.15, 0.2) is 53.5 Å². The van der Waals surface area contributed by atoms with Gasteiger partial charge in [0.2, 0.25) is 0 Å². The number of aliphatic imine (C=N–C) groups is 1. The van der Waals surface area contributed by atoms with Crippen molar-refractivity contribution >= 4 is 29.9 Å². The highest BCUT2D eigenvalue weighted by molar-refractivity contribution is 14.0. The van der Waals surface area contributed by atoms with E-state index in [9.17, 15) is 0 Å². The summed E-state index contributed by atoms with van der Waals surface area (Å²) in [6.07, 6.45) is 2.37. The quantitative estimate of drug-likeness (QED) is 0.208. The van der Waals surface area contributed by atoms with E-state index in [1.807, 2.05) is 12.1 Å². The maximum absolute atomic E-state index is 6.14. The Labute approximate surface area is 209 Å². The van der Waals surface area contributed by atoms with Crippen LogP contribution in [-0.4, -0.2) is 46.5 Å². The van der Waals surface area contributed by atoms with Crippen molar-refractivity contribution < 1.29 is 14.2 Å². The van der Waals surface area contributed by atoms with Crippen molar-refractivity contribution in [3.8, 4) is 5.75 Å². The van der Waals surface area contributed by atoms with Gasteiger partial charge in [0.25, 0.3) is 0 Å². The smallest absolute Gasteiger partial charge is 0.191 e. The molecule has 1 heterocycles. The minimum Gasteiger partial charge on any atom is -0.491 e. The van der Waals surface area contributed by atoms with Gasteiger partial charge >= 0.3 is 0 Å². The Morgan fingerprint density at radius 2 is 1.81 bits per heavy atom. The number of aryl methyl sites for hydroxylation is 1. The molecular weight excluding hydrogens is 517 g/mol. The number of benzene rings is 2. The van der Waals surface area contributed by atoms with Crippen LogP contribution < -0.4 is 15.4 Å². The van der Waals surface area contributed by atoms with E-state index in [0.29, 0.717) is 25.7 Å². The zero-order chi connectivity index (χ0) is 21.9. The van der Waals surface area contributed by atoms with Gasteiger partial charge in [-0.1, -0.05) is 42.0 Å². The van der Waals surface area contributed by atoms with Gasteiger partial charge in [-0.05, 0) is 43.0 Å². The average molecular weight is 553 g/mol. The SMILES string of the molecule is CN=C(NCc1ccc(OCCOC)cc1)NCC1CCCOC1c1ccc(C)cc1.I. The molecule has 2 aromatic rings. The molecule has 1 fully saturated rings. The fourth-order valence-electron chi connectivity index (χ4n) is 3.76. The summed E-state index contributed by atoms with van der Waals surface area (Å²) >= 11 is 0. The molecule has 2 atom stereocenters. The fourth-order valence-corrected chi connectivity index (χ4v) is 3.76. The third-order valence-electron chi connectivity index (χ3n) is 5.55. The summed E-state index contributed by atoms with van der Waals surface area (Å²) in [5.41, 5.74) is 3.70. The average Bonchev–Trinajstić information content (AvgIpc) is 2.81. The predicted molar refractivity (Wildman–Crippen MR) is 140 cm³/mol. The lowest BCUT2D eigenvalue weighted by atomic mass is 9.89. The predicted octanol–water partition coefficient (Wildman–Crippen LogP) is 4.47.